The van der Waals surface area contributed by atoms with Crippen LogP contribution in [-0.4, -0.2) is 30.6 Å². The van der Waals surface area contributed by atoms with E-state index in [0.29, 0.717) is 23.5 Å². The molecule has 2 N–H and O–H groups in total. The molecule has 3 rings (SSSR count). The molecular formula is C21H19NO4. The largest absolute Gasteiger partial charge is 0.492 e. The van der Waals surface area contributed by atoms with Crippen molar-refractivity contribution in [3.8, 4) is 17.6 Å². The molecule has 2 aromatic rings. The van der Waals surface area contributed by atoms with Gasteiger partial charge in [-0.1, -0.05) is 11.8 Å². The van der Waals surface area contributed by atoms with Crippen LogP contribution in [0.25, 0.3) is 0 Å². The van der Waals surface area contributed by atoms with E-state index in [1.165, 1.54) is 0 Å². The Bertz CT molecular complexity index is 904. The molecule has 2 aromatic carbocycles. The molecule has 5 nitrogen and oxygen atoms in total. The van der Waals surface area contributed by atoms with Crippen molar-refractivity contribution in [3.63, 3.8) is 0 Å². The Morgan fingerprint density at radius 2 is 1.81 bits per heavy atom. The molecule has 0 atom stereocenters. The standard InChI is InChI=1S/C21H19NO4/c1-22-20(23)16-9-7-14(8-10-16)5-6-15-12-17-4-2-3-11-26-19(17)18(13-15)21(24)25/h7-10,12-13H,2-4,11H2,1H3,(H,22,23)(H,24,25). The van der Waals surface area contributed by atoms with Gasteiger partial charge in [-0.05, 0) is 61.2 Å². The second kappa shape index (κ2) is 7.75. The van der Waals surface area contributed by atoms with Crippen molar-refractivity contribution in [3.05, 3.63) is 64.2 Å². The van der Waals surface area contributed by atoms with Gasteiger partial charge in [0.25, 0.3) is 5.91 Å². The lowest BCUT2D eigenvalue weighted by Gasteiger charge is -2.11. The third kappa shape index (κ3) is 3.86. The number of hydrogen-bond donors (Lipinski definition) is 2. The molecule has 1 heterocycles. The van der Waals surface area contributed by atoms with Gasteiger partial charge in [0.15, 0.2) is 0 Å². The van der Waals surface area contributed by atoms with Crippen molar-refractivity contribution in [1.82, 2.24) is 5.32 Å². The van der Waals surface area contributed by atoms with Crippen LogP contribution >= 0.6 is 0 Å². The third-order valence-corrected chi connectivity index (χ3v) is 4.21. The van der Waals surface area contributed by atoms with Crippen molar-refractivity contribution in [2.45, 2.75) is 19.3 Å². The fourth-order valence-electron chi connectivity index (χ4n) is 2.86. The van der Waals surface area contributed by atoms with Crippen LogP contribution in [0.1, 0.15) is 50.2 Å². The number of carbonyl (C=O) groups is 2. The van der Waals surface area contributed by atoms with Gasteiger partial charge in [0.1, 0.15) is 11.3 Å². The number of hydrogen-bond acceptors (Lipinski definition) is 3. The molecule has 0 aromatic heterocycles. The number of aryl methyl sites for hydroxylation is 1. The van der Waals surface area contributed by atoms with E-state index in [1.807, 2.05) is 6.07 Å². The molecule has 0 fully saturated rings. The van der Waals surface area contributed by atoms with Gasteiger partial charge >= 0.3 is 5.97 Å². The molecule has 0 bridgehead atoms. The quantitative estimate of drug-likeness (QED) is 0.818. The van der Waals surface area contributed by atoms with Crippen molar-refractivity contribution in [2.75, 3.05) is 13.7 Å². The van der Waals surface area contributed by atoms with Crippen LogP contribution in [0.3, 0.4) is 0 Å². The Hall–Kier alpha value is -3.26. The number of aromatic carboxylic acids is 1. The first-order valence-electron chi connectivity index (χ1n) is 8.45. The number of nitrogens with one attached hydrogen (secondary N) is 1. The lowest BCUT2D eigenvalue weighted by molar-refractivity contribution is 0.0692. The molecular weight excluding hydrogens is 330 g/mol. The van der Waals surface area contributed by atoms with Gasteiger partial charge in [-0.2, -0.15) is 0 Å². The van der Waals surface area contributed by atoms with Gasteiger partial charge in [0.2, 0.25) is 0 Å². The maximum Gasteiger partial charge on any atom is 0.339 e. The van der Waals surface area contributed by atoms with Crippen LogP contribution < -0.4 is 10.1 Å². The Morgan fingerprint density at radius 1 is 1.08 bits per heavy atom. The van der Waals surface area contributed by atoms with Crippen LogP contribution in [0.4, 0.5) is 0 Å². The first-order valence-corrected chi connectivity index (χ1v) is 8.45. The summed E-state index contributed by atoms with van der Waals surface area (Å²) in [5.74, 6) is 5.34. The summed E-state index contributed by atoms with van der Waals surface area (Å²) in [6.45, 7) is 0.538. The minimum absolute atomic E-state index is 0.152. The topological polar surface area (TPSA) is 75.6 Å². The Morgan fingerprint density at radius 3 is 2.50 bits per heavy atom. The van der Waals surface area contributed by atoms with E-state index in [1.54, 1.807) is 37.4 Å². The van der Waals surface area contributed by atoms with Gasteiger partial charge in [-0.15, -0.1) is 0 Å². The summed E-state index contributed by atoms with van der Waals surface area (Å²) in [6, 6.07) is 10.4. The van der Waals surface area contributed by atoms with Crippen molar-refractivity contribution in [2.24, 2.45) is 0 Å². The van der Waals surface area contributed by atoms with Crippen molar-refractivity contribution in [1.29, 1.82) is 0 Å². The lowest BCUT2D eigenvalue weighted by Crippen LogP contribution is -2.17. The second-order valence-corrected chi connectivity index (χ2v) is 6.03. The number of rotatable bonds is 2. The minimum atomic E-state index is -1.01. The summed E-state index contributed by atoms with van der Waals surface area (Å²) in [7, 11) is 1.58. The molecule has 1 aliphatic rings. The molecule has 26 heavy (non-hydrogen) atoms. The molecule has 0 saturated carbocycles. The van der Waals surface area contributed by atoms with E-state index < -0.39 is 5.97 Å². The highest BCUT2D eigenvalue weighted by atomic mass is 16.5. The number of ether oxygens (including phenoxy) is 1. The molecule has 1 amide bonds. The number of carboxylic acid groups (broad SMARTS) is 1. The molecule has 0 radical (unpaired) electrons. The zero-order valence-corrected chi connectivity index (χ0v) is 14.5. The van der Waals surface area contributed by atoms with E-state index in [-0.39, 0.29) is 11.5 Å². The minimum Gasteiger partial charge on any atom is -0.492 e. The lowest BCUT2D eigenvalue weighted by atomic mass is 10.0. The second-order valence-electron chi connectivity index (χ2n) is 6.03. The number of amides is 1. The van der Waals surface area contributed by atoms with Crippen LogP contribution in [0.15, 0.2) is 36.4 Å². The maximum atomic E-state index is 11.6. The predicted octanol–water partition coefficient (Wildman–Crippen LogP) is 2.86. The molecule has 5 heteroatoms. The number of benzene rings is 2. The summed E-state index contributed by atoms with van der Waals surface area (Å²) in [5.41, 5.74) is 3.00. The first-order chi connectivity index (χ1) is 12.6. The van der Waals surface area contributed by atoms with E-state index in [4.69, 9.17) is 4.74 Å². The van der Waals surface area contributed by atoms with Gasteiger partial charge < -0.3 is 15.2 Å². The Balaban J connectivity index is 1.92. The highest BCUT2D eigenvalue weighted by molar-refractivity contribution is 5.94. The summed E-state index contributed by atoms with van der Waals surface area (Å²) >= 11 is 0. The van der Waals surface area contributed by atoms with Crippen molar-refractivity contribution >= 4 is 11.9 Å². The summed E-state index contributed by atoms with van der Waals surface area (Å²) in [4.78, 5) is 23.1. The fourth-order valence-corrected chi connectivity index (χ4v) is 2.86. The van der Waals surface area contributed by atoms with Gasteiger partial charge in [0.05, 0.1) is 6.61 Å². The van der Waals surface area contributed by atoms with Gasteiger partial charge in [-0.3, -0.25) is 4.79 Å². The highest BCUT2D eigenvalue weighted by Crippen LogP contribution is 2.30. The molecule has 0 aliphatic carbocycles. The first kappa shape index (κ1) is 17.6. The van der Waals surface area contributed by atoms with E-state index in [9.17, 15) is 14.7 Å². The molecule has 1 aliphatic heterocycles. The smallest absolute Gasteiger partial charge is 0.339 e. The maximum absolute atomic E-state index is 11.6. The van der Waals surface area contributed by atoms with Crippen LogP contribution in [0.5, 0.6) is 5.75 Å². The van der Waals surface area contributed by atoms with E-state index in [0.717, 1.165) is 30.4 Å². The van der Waals surface area contributed by atoms with Crippen LogP contribution in [0, 0.1) is 11.8 Å². The highest BCUT2D eigenvalue weighted by Gasteiger charge is 2.19. The average Bonchev–Trinajstić information content (AvgIpc) is 2.90. The average molecular weight is 349 g/mol. The van der Waals surface area contributed by atoms with E-state index in [2.05, 4.69) is 17.2 Å². The number of carboxylic acids is 1. The van der Waals surface area contributed by atoms with E-state index >= 15 is 0 Å². The van der Waals surface area contributed by atoms with Crippen LogP contribution in [0.2, 0.25) is 0 Å². The summed E-state index contributed by atoms with van der Waals surface area (Å²) in [5, 5.41) is 12.0. The summed E-state index contributed by atoms with van der Waals surface area (Å²) < 4.78 is 5.64. The van der Waals surface area contributed by atoms with Crippen LogP contribution in [-0.2, 0) is 6.42 Å². The number of fused-ring (bicyclic) bond motifs is 1. The SMILES string of the molecule is CNC(=O)c1ccc(C#Cc2cc3c(c(C(=O)O)c2)OCCCC3)cc1. The predicted molar refractivity (Wildman–Crippen MR) is 97.6 cm³/mol. The monoisotopic (exact) mass is 349 g/mol. The molecule has 0 unspecified atom stereocenters. The Kier molecular flexibility index (Phi) is 5.23. The number of carbonyl (C=O) groups excluding carboxylic acids is 1. The van der Waals surface area contributed by atoms with Crippen molar-refractivity contribution < 1.29 is 19.4 Å². The van der Waals surface area contributed by atoms with Gasteiger partial charge in [0, 0.05) is 23.7 Å². The zero-order valence-electron chi connectivity index (χ0n) is 14.5. The molecule has 132 valence electrons. The molecule has 0 spiro atoms. The Labute approximate surface area is 152 Å². The normalized spacial score (nSPS) is 12.7. The van der Waals surface area contributed by atoms with Gasteiger partial charge in [-0.25, -0.2) is 4.79 Å². The molecule has 0 saturated heterocycles. The zero-order chi connectivity index (χ0) is 18.5. The fraction of sp³-hybridized carbons (Fsp3) is 0.238. The summed E-state index contributed by atoms with van der Waals surface area (Å²) in [6.07, 6.45) is 2.66. The third-order valence-electron chi connectivity index (χ3n) is 4.21.